The van der Waals surface area contributed by atoms with Crippen LogP contribution in [0.5, 0.6) is 0 Å². The molecule has 1 aliphatic rings. The second kappa shape index (κ2) is 9.14. The fourth-order valence-electron chi connectivity index (χ4n) is 3.29. The van der Waals surface area contributed by atoms with Gasteiger partial charge < -0.3 is 10.6 Å². The minimum absolute atomic E-state index is 0.638. The van der Waals surface area contributed by atoms with E-state index in [1.165, 1.54) is 45.8 Å². The first-order chi connectivity index (χ1) is 11.7. The smallest absolute Gasteiger partial charge is 0.0220 e. The van der Waals surface area contributed by atoms with Crippen LogP contribution in [0.25, 0.3) is 0 Å². The molecule has 2 N–H and O–H groups in total. The van der Waals surface area contributed by atoms with E-state index < -0.39 is 0 Å². The SMILES string of the molecule is Brc1ccccc1CNC1CCC(NCc2ccccc2Br)CC1. The van der Waals surface area contributed by atoms with Crippen LogP contribution < -0.4 is 10.6 Å². The maximum Gasteiger partial charge on any atom is 0.0220 e. The second-order valence-electron chi connectivity index (χ2n) is 6.49. The normalized spacial score (nSPS) is 20.9. The fourth-order valence-corrected chi connectivity index (χ4v) is 4.14. The highest BCUT2D eigenvalue weighted by Gasteiger charge is 2.20. The van der Waals surface area contributed by atoms with Crippen molar-refractivity contribution in [3.8, 4) is 0 Å². The molecule has 0 amide bonds. The summed E-state index contributed by atoms with van der Waals surface area (Å²) in [5.74, 6) is 0. The molecule has 1 saturated carbocycles. The standard InChI is InChI=1S/C20H24Br2N2/c21-19-7-3-1-5-15(19)13-23-17-9-11-18(12-10-17)24-14-16-6-2-4-8-20(16)22/h1-8,17-18,23-24H,9-14H2. The van der Waals surface area contributed by atoms with Gasteiger partial charge in [-0.2, -0.15) is 0 Å². The number of hydrogen-bond acceptors (Lipinski definition) is 2. The van der Waals surface area contributed by atoms with Gasteiger partial charge in [-0.05, 0) is 48.9 Å². The van der Waals surface area contributed by atoms with E-state index in [1.54, 1.807) is 0 Å². The largest absolute Gasteiger partial charge is 0.310 e. The fraction of sp³-hybridized carbons (Fsp3) is 0.400. The molecule has 1 aliphatic carbocycles. The zero-order chi connectivity index (χ0) is 16.8. The van der Waals surface area contributed by atoms with Gasteiger partial charge in [0.2, 0.25) is 0 Å². The van der Waals surface area contributed by atoms with Crippen molar-refractivity contribution in [3.63, 3.8) is 0 Å². The van der Waals surface area contributed by atoms with E-state index in [1.807, 2.05) is 0 Å². The lowest BCUT2D eigenvalue weighted by Gasteiger charge is -2.30. The number of hydrogen-bond donors (Lipinski definition) is 2. The van der Waals surface area contributed by atoms with Gasteiger partial charge in [0.15, 0.2) is 0 Å². The molecule has 2 aromatic rings. The average Bonchev–Trinajstić information content (AvgIpc) is 2.61. The van der Waals surface area contributed by atoms with Crippen LogP contribution in [0.4, 0.5) is 0 Å². The lowest BCUT2D eigenvalue weighted by atomic mass is 9.91. The van der Waals surface area contributed by atoms with Gasteiger partial charge in [0, 0.05) is 34.1 Å². The highest BCUT2D eigenvalue weighted by Crippen LogP contribution is 2.22. The van der Waals surface area contributed by atoms with Gasteiger partial charge in [0.25, 0.3) is 0 Å². The van der Waals surface area contributed by atoms with Gasteiger partial charge in [0.1, 0.15) is 0 Å². The molecule has 0 radical (unpaired) electrons. The van der Waals surface area contributed by atoms with E-state index in [0.29, 0.717) is 12.1 Å². The molecule has 0 aliphatic heterocycles. The van der Waals surface area contributed by atoms with Crippen molar-refractivity contribution >= 4 is 31.9 Å². The number of rotatable bonds is 6. The molecule has 128 valence electrons. The van der Waals surface area contributed by atoms with Crippen LogP contribution in [0.2, 0.25) is 0 Å². The van der Waals surface area contributed by atoms with Gasteiger partial charge in [-0.3, -0.25) is 0 Å². The van der Waals surface area contributed by atoms with Crippen molar-refractivity contribution in [2.45, 2.75) is 50.9 Å². The van der Waals surface area contributed by atoms with Crippen molar-refractivity contribution in [3.05, 3.63) is 68.6 Å². The molecule has 0 unspecified atom stereocenters. The van der Waals surface area contributed by atoms with Crippen LogP contribution in [0.3, 0.4) is 0 Å². The monoisotopic (exact) mass is 450 g/mol. The topological polar surface area (TPSA) is 24.1 Å². The van der Waals surface area contributed by atoms with E-state index in [4.69, 9.17) is 0 Å². The Bertz CT molecular complexity index is 594. The first-order valence-corrected chi connectivity index (χ1v) is 10.2. The third kappa shape index (κ3) is 5.16. The van der Waals surface area contributed by atoms with Crippen LogP contribution in [-0.2, 0) is 13.1 Å². The molecule has 0 bridgehead atoms. The zero-order valence-electron chi connectivity index (χ0n) is 13.8. The molecule has 0 saturated heterocycles. The van der Waals surface area contributed by atoms with E-state index in [-0.39, 0.29) is 0 Å². The third-order valence-corrected chi connectivity index (χ3v) is 6.35. The molecule has 1 fully saturated rings. The Morgan fingerprint density at radius 1 is 0.667 bits per heavy atom. The van der Waals surface area contributed by atoms with Crippen LogP contribution in [0.1, 0.15) is 36.8 Å². The Labute approximate surface area is 161 Å². The van der Waals surface area contributed by atoms with Crippen molar-refractivity contribution < 1.29 is 0 Å². The number of benzene rings is 2. The molecule has 2 aromatic carbocycles. The molecular formula is C20H24Br2N2. The molecule has 0 aromatic heterocycles. The first kappa shape index (κ1) is 18.1. The minimum atomic E-state index is 0.638. The van der Waals surface area contributed by atoms with E-state index in [2.05, 4.69) is 91.0 Å². The van der Waals surface area contributed by atoms with E-state index in [0.717, 1.165) is 13.1 Å². The lowest BCUT2D eigenvalue weighted by Crippen LogP contribution is -2.39. The van der Waals surface area contributed by atoms with Crippen LogP contribution in [0.15, 0.2) is 57.5 Å². The first-order valence-electron chi connectivity index (χ1n) is 8.66. The summed E-state index contributed by atoms with van der Waals surface area (Å²) in [6, 6.07) is 18.2. The summed E-state index contributed by atoms with van der Waals surface area (Å²) < 4.78 is 2.39. The number of halogens is 2. The predicted molar refractivity (Wildman–Crippen MR) is 108 cm³/mol. The summed E-state index contributed by atoms with van der Waals surface area (Å²) in [7, 11) is 0. The summed E-state index contributed by atoms with van der Waals surface area (Å²) >= 11 is 7.25. The quantitative estimate of drug-likeness (QED) is 0.614. The average molecular weight is 452 g/mol. The molecule has 24 heavy (non-hydrogen) atoms. The molecule has 2 nitrogen and oxygen atoms in total. The highest BCUT2D eigenvalue weighted by molar-refractivity contribution is 9.10. The summed E-state index contributed by atoms with van der Waals surface area (Å²) in [5, 5.41) is 7.43. The summed E-state index contributed by atoms with van der Waals surface area (Å²) in [6.07, 6.45) is 4.99. The molecule has 0 heterocycles. The lowest BCUT2D eigenvalue weighted by molar-refractivity contribution is 0.305. The maximum atomic E-state index is 3.72. The van der Waals surface area contributed by atoms with Crippen molar-refractivity contribution in [1.29, 1.82) is 0 Å². The third-order valence-electron chi connectivity index (χ3n) is 4.81. The Balaban J connectivity index is 1.40. The summed E-state index contributed by atoms with van der Waals surface area (Å²) in [6.45, 7) is 1.89. The van der Waals surface area contributed by atoms with Crippen molar-refractivity contribution in [1.82, 2.24) is 10.6 Å². The molecule has 0 atom stereocenters. The highest BCUT2D eigenvalue weighted by atomic mass is 79.9. The van der Waals surface area contributed by atoms with Crippen molar-refractivity contribution in [2.24, 2.45) is 0 Å². The predicted octanol–water partition coefficient (Wildman–Crippen LogP) is 5.40. The molecule has 0 spiro atoms. The Kier molecular flexibility index (Phi) is 6.90. The van der Waals surface area contributed by atoms with Crippen LogP contribution in [-0.4, -0.2) is 12.1 Å². The summed E-state index contributed by atoms with van der Waals surface area (Å²) in [4.78, 5) is 0. The zero-order valence-corrected chi connectivity index (χ0v) is 16.9. The van der Waals surface area contributed by atoms with Crippen LogP contribution >= 0.6 is 31.9 Å². The second-order valence-corrected chi connectivity index (χ2v) is 8.20. The van der Waals surface area contributed by atoms with E-state index in [9.17, 15) is 0 Å². The van der Waals surface area contributed by atoms with Crippen molar-refractivity contribution in [2.75, 3.05) is 0 Å². The van der Waals surface area contributed by atoms with Gasteiger partial charge in [0.05, 0.1) is 0 Å². The van der Waals surface area contributed by atoms with Gasteiger partial charge in [-0.25, -0.2) is 0 Å². The molecule has 3 rings (SSSR count). The van der Waals surface area contributed by atoms with Gasteiger partial charge >= 0.3 is 0 Å². The Morgan fingerprint density at radius 2 is 1.04 bits per heavy atom. The molecule has 4 heteroatoms. The number of nitrogens with one attached hydrogen (secondary N) is 2. The summed E-state index contributed by atoms with van der Waals surface area (Å²) in [5.41, 5.74) is 2.68. The van der Waals surface area contributed by atoms with E-state index >= 15 is 0 Å². The van der Waals surface area contributed by atoms with Gasteiger partial charge in [-0.15, -0.1) is 0 Å². The Morgan fingerprint density at radius 3 is 1.42 bits per heavy atom. The van der Waals surface area contributed by atoms with Crippen LogP contribution in [0, 0.1) is 0 Å². The minimum Gasteiger partial charge on any atom is -0.310 e. The Hall–Kier alpha value is -0.680. The maximum absolute atomic E-state index is 3.72. The van der Waals surface area contributed by atoms with Gasteiger partial charge in [-0.1, -0.05) is 68.3 Å². The molecular weight excluding hydrogens is 428 g/mol.